The lowest BCUT2D eigenvalue weighted by Crippen LogP contribution is -2.38. The summed E-state index contributed by atoms with van der Waals surface area (Å²) < 4.78 is 5.49. The lowest BCUT2D eigenvalue weighted by molar-refractivity contribution is 0.337. The Hall–Kier alpha value is -1.02. The monoisotopic (exact) mass is 233 g/mol. The lowest BCUT2D eigenvalue weighted by Gasteiger charge is -2.30. The number of benzene rings is 1. The van der Waals surface area contributed by atoms with Crippen molar-refractivity contribution in [3.63, 3.8) is 0 Å². The highest BCUT2D eigenvalue weighted by Crippen LogP contribution is 2.30. The van der Waals surface area contributed by atoms with E-state index in [0.29, 0.717) is 0 Å². The highest BCUT2D eigenvalue weighted by atomic mass is 16.5. The molecule has 1 aromatic rings. The SMILES string of the molecule is CCOc1ccc(C2(C)CCCCCN2)cc1. The van der Waals surface area contributed by atoms with E-state index in [1.807, 2.05) is 6.92 Å². The molecule has 0 aliphatic carbocycles. The molecule has 0 amide bonds. The van der Waals surface area contributed by atoms with E-state index >= 15 is 0 Å². The van der Waals surface area contributed by atoms with E-state index in [4.69, 9.17) is 4.74 Å². The lowest BCUT2D eigenvalue weighted by atomic mass is 9.87. The summed E-state index contributed by atoms with van der Waals surface area (Å²) in [7, 11) is 0. The number of hydrogen-bond acceptors (Lipinski definition) is 2. The van der Waals surface area contributed by atoms with Crippen molar-refractivity contribution in [3.05, 3.63) is 29.8 Å². The summed E-state index contributed by atoms with van der Waals surface area (Å²) in [5, 5.41) is 3.68. The smallest absolute Gasteiger partial charge is 0.119 e. The van der Waals surface area contributed by atoms with Gasteiger partial charge in [-0.2, -0.15) is 0 Å². The van der Waals surface area contributed by atoms with Crippen molar-refractivity contribution in [3.8, 4) is 5.75 Å². The van der Waals surface area contributed by atoms with Gasteiger partial charge in [-0.15, -0.1) is 0 Å². The van der Waals surface area contributed by atoms with Crippen molar-refractivity contribution in [2.24, 2.45) is 0 Å². The van der Waals surface area contributed by atoms with Crippen LogP contribution in [0.3, 0.4) is 0 Å². The Morgan fingerprint density at radius 3 is 2.65 bits per heavy atom. The fraction of sp³-hybridized carbons (Fsp3) is 0.600. The summed E-state index contributed by atoms with van der Waals surface area (Å²) in [6.07, 6.45) is 5.18. The predicted molar refractivity (Wildman–Crippen MR) is 71.4 cm³/mol. The van der Waals surface area contributed by atoms with Crippen LogP contribution in [0.15, 0.2) is 24.3 Å². The van der Waals surface area contributed by atoms with Crippen molar-refractivity contribution in [2.75, 3.05) is 13.2 Å². The zero-order valence-corrected chi connectivity index (χ0v) is 11.0. The Balaban J connectivity index is 2.14. The number of hydrogen-bond donors (Lipinski definition) is 1. The first-order valence-electron chi connectivity index (χ1n) is 6.73. The minimum atomic E-state index is 0.140. The van der Waals surface area contributed by atoms with E-state index in [2.05, 4.69) is 36.5 Å². The Kier molecular flexibility index (Phi) is 4.06. The molecule has 2 nitrogen and oxygen atoms in total. The van der Waals surface area contributed by atoms with Gasteiger partial charge in [-0.3, -0.25) is 0 Å². The summed E-state index contributed by atoms with van der Waals surface area (Å²) in [6, 6.07) is 8.56. The molecule has 2 heteroatoms. The molecule has 1 atom stereocenters. The molecular formula is C15H23NO. The van der Waals surface area contributed by atoms with Crippen LogP contribution in [0.5, 0.6) is 5.75 Å². The van der Waals surface area contributed by atoms with Crippen molar-refractivity contribution >= 4 is 0 Å². The van der Waals surface area contributed by atoms with Gasteiger partial charge in [0.15, 0.2) is 0 Å². The molecule has 1 fully saturated rings. The maximum atomic E-state index is 5.49. The zero-order valence-electron chi connectivity index (χ0n) is 11.0. The highest BCUT2D eigenvalue weighted by molar-refractivity contribution is 5.31. The third-order valence-electron chi connectivity index (χ3n) is 3.67. The quantitative estimate of drug-likeness (QED) is 0.863. The minimum absolute atomic E-state index is 0.140. The standard InChI is InChI=1S/C15H23NO/c1-3-17-14-9-7-13(8-10-14)15(2)11-5-4-6-12-16-15/h7-10,16H,3-6,11-12H2,1-2H3. The molecule has 1 aliphatic rings. The second-order valence-corrected chi connectivity index (χ2v) is 5.03. The number of nitrogens with one attached hydrogen (secondary N) is 1. The van der Waals surface area contributed by atoms with Crippen LogP contribution in [0.25, 0.3) is 0 Å². The first-order valence-corrected chi connectivity index (χ1v) is 6.73. The molecule has 1 saturated heterocycles. The second kappa shape index (κ2) is 5.54. The third-order valence-corrected chi connectivity index (χ3v) is 3.67. The summed E-state index contributed by atoms with van der Waals surface area (Å²) in [6.45, 7) is 6.19. The van der Waals surface area contributed by atoms with Gasteiger partial charge in [-0.05, 0) is 50.9 Å². The highest BCUT2D eigenvalue weighted by Gasteiger charge is 2.26. The van der Waals surface area contributed by atoms with E-state index in [1.165, 1.54) is 31.2 Å². The average molecular weight is 233 g/mol. The third kappa shape index (κ3) is 3.01. The fourth-order valence-corrected chi connectivity index (χ4v) is 2.57. The van der Waals surface area contributed by atoms with Crippen molar-refractivity contribution in [1.82, 2.24) is 5.32 Å². The Morgan fingerprint density at radius 2 is 1.94 bits per heavy atom. The van der Waals surface area contributed by atoms with Gasteiger partial charge in [0.2, 0.25) is 0 Å². The molecular weight excluding hydrogens is 210 g/mol. The van der Waals surface area contributed by atoms with Crippen molar-refractivity contribution in [2.45, 2.75) is 45.1 Å². The van der Waals surface area contributed by atoms with Gasteiger partial charge in [-0.25, -0.2) is 0 Å². The van der Waals surface area contributed by atoms with Crippen LogP contribution in [0, 0.1) is 0 Å². The zero-order chi connectivity index (χ0) is 12.1. The topological polar surface area (TPSA) is 21.3 Å². The van der Waals surface area contributed by atoms with E-state index in [9.17, 15) is 0 Å². The van der Waals surface area contributed by atoms with Crippen molar-refractivity contribution < 1.29 is 4.74 Å². The van der Waals surface area contributed by atoms with E-state index in [1.54, 1.807) is 0 Å². The number of rotatable bonds is 3. The van der Waals surface area contributed by atoms with Crippen LogP contribution in [-0.4, -0.2) is 13.2 Å². The molecule has 0 bridgehead atoms. The average Bonchev–Trinajstić information content (AvgIpc) is 2.56. The Labute approximate surface area is 104 Å². The Bertz CT molecular complexity index is 336. The first-order chi connectivity index (χ1) is 8.24. The molecule has 0 spiro atoms. The molecule has 0 saturated carbocycles. The molecule has 0 radical (unpaired) electrons. The van der Waals surface area contributed by atoms with Gasteiger partial charge in [0.1, 0.15) is 5.75 Å². The first kappa shape index (κ1) is 12.4. The summed E-state index contributed by atoms with van der Waals surface area (Å²) in [4.78, 5) is 0. The molecule has 0 aromatic heterocycles. The van der Waals surface area contributed by atoms with Crippen LogP contribution in [0.1, 0.15) is 45.1 Å². The van der Waals surface area contributed by atoms with Crippen LogP contribution in [0.2, 0.25) is 0 Å². The summed E-state index contributed by atoms with van der Waals surface area (Å²) in [5.41, 5.74) is 1.52. The van der Waals surface area contributed by atoms with Gasteiger partial charge in [0.25, 0.3) is 0 Å². The minimum Gasteiger partial charge on any atom is -0.494 e. The van der Waals surface area contributed by atoms with Gasteiger partial charge >= 0.3 is 0 Å². The maximum absolute atomic E-state index is 5.49. The molecule has 17 heavy (non-hydrogen) atoms. The van der Waals surface area contributed by atoms with Gasteiger partial charge in [-0.1, -0.05) is 25.0 Å². The predicted octanol–water partition coefficient (Wildman–Crippen LogP) is 3.46. The molecule has 94 valence electrons. The summed E-state index contributed by atoms with van der Waals surface area (Å²) in [5.74, 6) is 0.966. The van der Waals surface area contributed by atoms with Crippen LogP contribution >= 0.6 is 0 Å². The maximum Gasteiger partial charge on any atom is 0.119 e. The normalized spacial score (nSPS) is 25.3. The summed E-state index contributed by atoms with van der Waals surface area (Å²) >= 11 is 0. The Morgan fingerprint density at radius 1 is 1.18 bits per heavy atom. The van der Waals surface area contributed by atoms with Gasteiger partial charge in [0.05, 0.1) is 6.61 Å². The molecule has 1 N–H and O–H groups in total. The molecule has 1 unspecified atom stereocenters. The largest absolute Gasteiger partial charge is 0.494 e. The second-order valence-electron chi connectivity index (χ2n) is 5.03. The van der Waals surface area contributed by atoms with Gasteiger partial charge < -0.3 is 10.1 Å². The fourth-order valence-electron chi connectivity index (χ4n) is 2.57. The molecule has 1 aromatic carbocycles. The molecule has 2 rings (SSSR count). The van der Waals surface area contributed by atoms with Crippen molar-refractivity contribution in [1.29, 1.82) is 0 Å². The van der Waals surface area contributed by atoms with E-state index in [-0.39, 0.29) is 5.54 Å². The van der Waals surface area contributed by atoms with E-state index < -0.39 is 0 Å². The van der Waals surface area contributed by atoms with E-state index in [0.717, 1.165) is 18.9 Å². The van der Waals surface area contributed by atoms with Crippen LogP contribution in [0.4, 0.5) is 0 Å². The van der Waals surface area contributed by atoms with Crippen LogP contribution in [-0.2, 0) is 5.54 Å². The van der Waals surface area contributed by atoms with Gasteiger partial charge in [0, 0.05) is 5.54 Å². The molecule has 1 aliphatic heterocycles. The molecule has 1 heterocycles. The van der Waals surface area contributed by atoms with Crippen LogP contribution < -0.4 is 10.1 Å². The number of ether oxygens (including phenoxy) is 1.